The molecule has 1 unspecified atom stereocenters. The third-order valence-corrected chi connectivity index (χ3v) is 6.73. The zero-order chi connectivity index (χ0) is 22.9. The van der Waals surface area contributed by atoms with Crippen LogP contribution in [0.15, 0.2) is 55.2 Å². The van der Waals surface area contributed by atoms with E-state index in [1.165, 1.54) is 5.39 Å². The van der Waals surface area contributed by atoms with E-state index in [0.29, 0.717) is 5.56 Å². The molecule has 0 spiro atoms. The Balaban J connectivity index is 1.51. The number of aryl methyl sites for hydroxylation is 1. The SMILES string of the molecule is COc1cc(C)c2[nH]ccc2c1CN1CCC(n2cncn2)C[C@H]1c1ccc(C(=O)O)cc1. The van der Waals surface area contributed by atoms with E-state index in [4.69, 9.17) is 4.74 Å². The Bertz CT molecular complexity index is 1260. The molecular weight excluding hydrogens is 418 g/mol. The quantitative estimate of drug-likeness (QED) is 0.458. The molecule has 8 heteroatoms. The first-order chi connectivity index (χ1) is 16.0. The number of nitrogens with one attached hydrogen (secondary N) is 1. The molecule has 1 aliphatic rings. The van der Waals surface area contributed by atoms with Crippen LogP contribution in [0.4, 0.5) is 0 Å². The number of carboxylic acids is 1. The van der Waals surface area contributed by atoms with E-state index in [9.17, 15) is 9.90 Å². The molecular formula is C25H27N5O3. The number of hydrogen-bond acceptors (Lipinski definition) is 5. The number of benzene rings is 2. The monoisotopic (exact) mass is 445 g/mol. The lowest BCUT2D eigenvalue weighted by atomic mass is 9.90. The Labute approximate surface area is 191 Å². The topological polar surface area (TPSA) is 96.3 Å². The van der Waals surface area contributed by atoms with Gasteiger partial charge in [0.2, 0.25) is 0 Å². The van der Waals surface area contributed by atoms with Crippen molar-refractivity contribution in [3.8, 4) is 5.75 Å². The van der Waals surface area contributed by atoms with Crippen LogP contribution < -0.4 is 4.74 Å². The second kappa shape index (κ2) is 8.71. The van der Waals surface area contributed by atoms with E-state index >= 15 is 0 Å². The number of carboxylic acid groups (broad SMARTS) is 1. The van der Waals surface area contributed by atoms with Gasteiger partial charge in [0.15, 0.2) is 0 Å². The van der Waals surface area contributed by atoms with Crippen LogP contribution in [0.3, 0.4) is 0 Å². The molecule has 8 nitrogen and oxygen atoms in total. The number of carbonyl (C=O) groups is 1. The van der Waals surface area contributed by atoms with Crippen LogP contribution in [0.1, 0.15) is 52.0 Å². The number of H-pyrrole nitrogens is 1. The second-order valence-electron chi connectivity index (χ2n) is 8.61. The standard InChI is InChI=1S/C25H27N5O3/c1-16-11-23(33-2)21(20-7-9-27-24(16)20)13-29-10-8-19(30-15-26-14-28-30)12-22(29)17-3-5-18(6-4-17)25(31)32/h3-7,9,11,14-15,19,22,27H,8,10,12-13H2,1-2H3,(H,31,32)/t19?,22-/m0/s1. The van der Waals surface area contributed by atoms with E-state index in [1.54, 1.807) is 31.9 Å². The fraction of sp³-hybridized carbons (Fsp3) is 0.320. The van der Waals surface area contributed by atoms with Gasteiger partial charge < -0.3 is 14.8 Å². The van der Waals surface area contributed by atoms with Crippen molar-refractivity contribution in [2.24, 2.45) is 0 Å². The van der Waals surface area contributed by atoms with Crippen LogP contribution in [0.2, 0.25) is 0 Å². The number of methoxy groups -OCH3 is 1. The van der Waals surface area contributed by atoms with Crippen molar-refractivity contribution in [1.29, 1.82) is 0 Å². The molecule has 3 heterocycles. The van der Waals surface area contributed by atoms with E-state index < -0.39 is 5.97 Å². The highest BCUT2D eigenvalue weighted by Gasteiger charge is 2.32. The Kier molecular flexibility index (Phi) is 5.60. The van der Waals surface area contributed by atoms with Crippen molar-refractivity contribution in [3.05, 3.63) is 77.5 Å². The summed E-state index contributed by atoms with van der Waals surface area (Å²) in [7, 11) is 1.72. The van der Waals surface area contributed by atoms with Gasteiger partial charge in [0.05, 0.1) is 18.7 Å². The molecule has 170 valence electrons. The molecule has 1 saturated heterocycles. The van der Waals surface area contributed by atoms with Gasteiger partial charge >= 0.3 is 5.97 Å². The molecule has 33 heavy (non-hydrogen) atoms. The molecule has 5 rings (SSSR count). The average Bonchev–Trinajstić information content (AvgIpc) is 3.54. The van der Waals surface area contributed by atoms with Gasteiger partial charge in [-0.2, -0.15) is 5.10 Å². The smallest absolute Gasteiger partial charge is 0.335 e. The first-order valence-electron chi connectivity index (χ1n) is 11.1. The molecule has 0 aliphatic carbocycles. The second-order valence-corrected chi connectivity index (χ2v) is 8.61. The number of piperidine rings is 1. The lowest BCUT2D eigenvalue weighted by Crippen LogP contribution is -2.37. The van der Waals surface area contributed by atoms with Gasteiger partial charge in [-0.25, -0.2) is 14.5 Å². The number of ether oxygens (including phenoxy) is 1. The van der Waals surface area contributed by atoms with Crippen LogP contribution in [0, 0.1) is 6.92 Å². The summed E-state index contributed by atoms with van der Waals surface area (Å²) in [6.07, 6.45) is 7.14. The van der Waals surface area contributed by atoms with Crippen LogP contribution in [0.25, 0.3) is 10.9 Å². The largest absolute Gasteiger partial charge is 0.496 e. The fourth-order valence-corrected chi connectivity index (χ4v) is 5.01. The average molecular weight is 446 g/mol. The lowest BCUT2D eigenvalue weighted by Gasteiger charge is -2.40. The Morgan fingerprint density at radius 1 is 1.27 bits per heavy atom. The molecule has 2 atom stereocenters. The van der Waals surface area contributed by atoms with Crippen LogP contribution in [-0.2, 0) is 6.54 Å². The summed E-state index contributed by atoms with van der Waals surface area (Å²) in [5.74, 6) is -0.0280. The van der Waals surface area contributed by atoms with Gasteiger partial charge in [-0.1, -0.05) is 12.1 Å². The fourth-order valence-electron chi connectivity index (χ4n) is 5.01. The Morgan fingerprint density at radius 3 is 2.79 bits per heavy atom. The summed E-state index contributed by atoms with van der Waals surface area (Å²) in [6, 6.07) is 11.8. The summed E-state index contributed by atoms with van der Waals surface area (Å²) < 4.78 is 7.72. The molecule has 1 fully saturated rings. The van der Waals surface area contributed by atoms with Crippen LogP contribution in [-0.4, -0.2) is 49.4 Å². The number of aromatic nitrogens is 4. The number of rotatable bonds is 6. The van der Waals surface area contributed by atoms with E-state index in [1.807, 2.05) is 23.0 Å². The number of aromatic carboxylic acids is 1. The number of nitrogens with zero attached hydrogens (tertiary/aromatic N) is 4. The number of likely N-dealkylation sites (tertiary alicyclic amines) is 1. The Morgan fingerprint density at radius 2 is 2.09 bits per heavy atom. The van der Waals surface area contributed by atoms with Crippen molar-refractivity contribution >= 4 is 16.9 Å². The minimum absolute atomic E-state index is 0.107. The predicted octanol–water partition coefficient (Wildman–Crippen LogP) is 4.35. The van der Waals surface area contributed by atoms with Gasteiger partial charge in [0.25, 0.3) is 0 Å². The Hall–Kier alpha value is -3.65. The molecule has 2 aromatic carbocycles. The molecule has 0 amide bonds. The third-order valence-electron chi connectivity index (χ3n) is 6.73. The number of aromatic amines is 1. The summed E-state index contributed by atoms with van der Waals surface area (Å²) in [4.78, 5) is 21.3. The van der Waals surface area contributed by atoms with Crippen LogP contribution in [0.5, 0.6) is 5.75 Å². The summed E-state index contributed by atoms with van der Waals surface area (Å²) in [5.41, 5.74) is 4.84. The van der Waals surface area contributed by atoms with Crippen molar-refractivity contribution in [3.63, 3.8) is 0 Å². The molecule has 1 aliphatic heterocycles. The van der Waals surface area contributed by atoms with Crippen molar-refractivity contribution in [2.75, 3.05) is 13.7 Å². The maximum absolute atomic E-state index is 11.4. The molecule has 0 saturated carbocycles. The van der Waals surface area contributed by atoms with Crippen molar-refractivity contribution in [2.45, 2.75) is 38.4 Å². The molecule has 2 N–H and O–H groups in total. The van der Waals surface area contributed by atoms with Gasteiger partial charge in [0.1, 0.15) is 18.4 Å². The zero-order valence-corrected chi connectivity index (χ0v) is 18.7. The summed E-state index contributed by atoms with van der Waals surface area (Å²) >= 11 is 0. The van der Waals surface area contributed by atoms with Crippen molar-refractivity contribution in [1.82, 2.24) is 24.6 Å². The molecule has 0 radical (unpaired) electrons. The predicted molar refractivity (Wildman–Crippen MR) is 124 cm³/mol. The lowest BCUT2D eigenvalue weighted by molar-refractivity contribution is 0.0696. The summed E-state index contributed by atoms with van der Waals surface area (Å²) in [6.45, 7) is 3.69. The number of hydrogen-bond donors (Lipinski definition) is 2. The van der Waals surface area contributed by atoms with Crippen LogP contribution >= 0.6 is 0 Å². The van der Waals surface area contributed by atoms with Gasteiger partial charge in [0, 0.05) is 41.8 Å². The van der Waals surface area contributed by atoms with E-state index in [-0.39, 0.29) is 12.1 Å². The van der Waals surface area contributed by atoms with Gasteiger partial charge in [-0.05, 0) is 55.2 Å². The van der Waals surface area contributed by atoms with E-state index in [0.717, 1.165) is 53.9 Å². The minimum Gasteiger partial charge on any atom is -0.496 e. The highest BCUT2D eigenvalue weighted by molar-refractivity contribution is 5.88. The molecule has 2 aromatic heterocycles. The highest BCUT2D eigenvalue weighted by Crippen LogP contribution is 2.40. The molecule has 0 bridgehead atoms. The minimum atomic E-state index is -0.915. The maximum Gasteiger partial charge on any atom is 0.335 e. The third kappa shape index (κ3) is 3.98. The normalized spacial score (nSPS) is 19.1. The summed E-state index contributed by atoms with van der Waals surface area (Å²) in [5, 5.41) is 14.9. The first-order valence-corrected chi connectivity index (χ1v) is 11.1. The van der Waals surface area contributed by atoms with E-state index in [2.05, 4.69) is 39.0 Å². The van der Waals surface area contributed by atoms with Gasteiger partial charge in [-0.15, -0.1) is 0 Å². The number of fused-ring (bicyclic) bond motifs is 1. The highest BCUT2D eigenvalue weighted by atomic mass is 16.5. The maximum atomic E-state index is 11.4. The van der Waals surface area contributed by atoms with Gasteiger partial charge in [-0.3, -0.25) is 4.90 Å². The molecule has 4 aromatic rings. The zero-order valence-electron chi connectivity index (χ0n) is 18.7. The van der Waals surface area contributed by atoms with Crippen molar-refractivity contribution < 1.29 is 14.6 Å². The first kappa shape index (κ1) is 21.2.